The molecule has 3 aromatic carbocycles. The van der Waals surface area contributed by atoms with Crippen LogP contribution in [0.5, 0.6) is 5.75 Å². The molecule has 0 saturated carbocycles. The summed E-state index contributed by atoms with van der Waals surface area (Å²) < 4.78 is 0. The molecular weight excluding hydrogens is 419 g/mol. The Morgan fingerprint density at radius 2 is 1.23 bits per heavy atom. The minimum atomic E-state index is -0.00409. The van der Waals surface area contributed by atoms with Crippen LogP contribution in [0.4, 0.5) is 0 Å². The van der Waals surface area contributed by atoms with Crippen LogP contribution in [0.3, 0.4) is 0 Å². The lowest BCUT2D eigenvalue weighted by molar-refractivity contribution is 0.247. The molecule has 0 aliphatic rings. The molecule has 0 aromatic heterocycles. The minimum absolute atomic E-state index is 0.00409. The third-order valence-electron chi connectivity index (χ3n) is 4.63. The van der Waals surface area contributed by atoms with Crippen LogP contribution in [0.25, 0.3) is 0 Å². The van der Waals surface area contributed by atoms with Gasteiger partial charge in [0.15, 0.2) is 5.96 Å². The standard InChI is InChI=1S/C23H24Cl2N4O/c24-20-7-2-16(3-8-20)13-29(14-17-4-9-21(25)10-5-17)15-18-1-6-19(22(30)11-18)12-28-23(26)27/h1-11,30H,12-15H2,(H4,26,27,28). The lowest BCUT2D eigenvalue weighted by Gasteiger charge is -2.23. The lowest BCUT2D eigenvalue weighted by atomic mass is 10.1. The number of hydrogen-bond donors (Lipinski definition) is 3. The second-order valence-corrected chi connectivity index (χ2v) is 7.98. The molecule has 5 nitrogen and oxygen atoms in total. The summed E-state index contributed by atoms with van der Waals surface area (Å²) in [5.41, 5.74) is 14.7. The number of nitrogens with two attached hydrogens (primary N) is 2. The van der Waals surface area contributed by atoms with E-state index in [1.807, 2.05) is 60.7 Å². The molecule has 3 aromatic rings. The number of aromatic hydroxyl groups is 1. The lowest BCUT2D eigenvalue weighted by Crippen LogP contribution is -2.23. The van der Waals surface area contributed by atoms with Crippen molar-refractivity contribution in [3.05, 3.63) is 99.0 Å². The Kier molecular flexibility index (Phi) is 7.57. The molecule has 0 radical (unpaired) electrons. The van der Waals surface area contributed by atoms with Crippen LogP contribution in [0.15, 0.2) is 71.7 Å². The molecule has 0 aliphatic carbocycles. The number of benzene rings is 3. The van der Waals surface area contributed by atoms with E-state index in [1.165, 1.54) is 0 Å². The maximum absolute atomic E-state index is 10.4. The summed E-state index contributed by atoms with van der Waals surface area (Å²) in [6.45, 7) is 2.36. The van der Waals surface area contributed by atoms with E-state index >= 15 is 0 Å². The fourth-order valence-electron chi connectivity index (χ4n) is 3.14. The number of nitrogens with zero attached hydrogens (tertiary/aromatic N) is 2. The topological polar surface area (TPSA) is 87.9 Å². The SMILES string of the molecule is NC(N)=NCc1ccc(CN(Cc2ccc(Cl)cc2)Cc2ccc(Cl)cc2)cc1O. The molecule has 5 N–H and O–H groups in total. The van der Waals surface area contributed by atoms with Crippen LogP contribution in [0.2, 0.25) is 10.0 Å². The van der Waals surface area contributed by atoms with Gasteiger partial charge >= 0.3 is 0 Å². The third kappa shape index (κ3) is 6.66. The smallest absolute Gasteiger partial charge is 0.186 e. The Labute approximate surface area is 186 Å². The van der Waals surface area contributed by atoms with Gasteiger partial charge in [0.2, 0.25) is 0 Å². The van der Waals surface area contributed by atoms with E-state index in [0.29, 0.717) is 22.2 Å². The van der Waals surface area contributed by atoms with Gasteiger partial charge in [0.05, 0.1) is 6.54 Å². The largest absolute Gasteiger partial charge is 0.508 e. The van der Waals surface area contributed by atoms with Gasteiger partial charge in [-0.15, -0.1) is 0 Å². The molecule has 7 heteroatoms. The molecule has 0 spiro atoms. The first-order valence-electron chi connectivity index (χ1n) is 9.46. The van der Waals surface area contributed by atoms with Crippen LogP contribution in [0, 0.1) is 0 Å². The minimum Gasteiger partial charge on any atom is -0.508 e. The summed E-state index contributed by atoms with van der Waals surface area (Å²) in [6, 6.07) is 21.2. The van der Waals surface area contributed by atoms with Crippen molar-refractivity contribution in [3.63, 3.8) is 0 Å². The molecule has 156 valence electrons. The van der Waals surface area contributed by atoms with Gasteiger partial charge in [0.25, 0.3) is 0 Å². The van der Waals surface area contributed by atoms with E-state index in [2.05, 4.69) is 9.89 Å². The number of aliphatic imine (C=N–C) groups is 1. The zero-order chi connectivity index (χ0) is 21.5. The predicted molar refractivity (Wildman–Crippen MR) is 123 cm³/mol. The van der Waals surface area contributed by atoms with Gasteiger partial charge in [-0.1, -0.05) is 59.6 Å². The molecule has 0 atom stereocenters. The monoisotopic (exact) mass is 442 g/mol. The highest BCUT2D eigenvalue weighted by molar-refractivity contribution is 6.30. The average molecular weight is 443 g/mol. The van der Waals surface area contributed by atoms with Crippen molar-refractivity contribution >= 4 is 29.2 Å². The fraction of sp³-hybridized carbons (Fsp3) is 0.174. The molecule has 0 heterocycles. The van der Waals surface area contributed by atoms with Crippen molar-refractivity contribution in [2.45, 2.75) is 26.2 Å². The fourth-order valence-corrected chi connectivity index (χ4v) is 3.39. The van der Waals surface area contributed by atoms with E-state index in [1.54, 1.807) is 6.07 Å². The van der Waals surface area contributed by atoms with Crippen molar-refractivity contribution in [1.29, 1.82) is 0 Å². The van der Waals surface area contributed by atoms with Crippen molar-refractivity contribution in [1.82, 2.24) is 4.90 Å². The third-order valence-corrected chi connectivity index (χ3v) is 5.13. The van der Waals surface area contributed by atoms with E-state index in [9.17, 15) is 5.11 Å². The molecule has 0 fully saturated rings. The van der Waals surface area contributed by atoms with Crippen molar-refractivity contribution < 1.29 is 5.11 Å². The van der Waals surface area contributed by atoms with Crippen LogP contribution in [-0.4, -0.2) is 16.0 Å². The molecule has 0 aliphatic heterocycles. The van der Waals surface area contributed by atoms with Crippen LogP contribution >= 0.6 is 23.2 Å². The summed E-state index contributed by atoms with van der Waals surface area (Å²) in [5.74, 6) is 0.172. The number of halogens is 2. The van der Waals surface area contributed by atoms with Gasteiger partial charge in [0.1, 0.15) is 5.75 Å². The molecular formula is C23H24Cl2N4O. The summed E-state index contributed by atoms with van der Waals surface area (Å²) in [7, 11) is 0. The van der Waals surface area contributed by atoms with E-state index < -0.39 is 0 Å². The number of phenols is 1. The zero-order valence-electron chi connectivity index (χ0n) is 16.4. The number of hydrogen-bond acceptors (Lipinski definition) is 3. The van der Waals surface area contributed by atoms with Gasteiger partial charge in [-0.05, 0) is 47.0 Å². The second-order valence-electron chi connectivity index (χ2n) is 7.10. The Balaban J connectivity index is 1.78. The van der Waals surface area contributed by atoms with Gasteiger partial charge < -0.3 is 16.6 Å². The summed E-state index contributed by atoms with van der Waals surface area (Å²) in [5, 5.41) is 11.8. The van der Waals surface area contributed by atoms with Crippen molar-refractivity contribution in [2.75, 3.05) is 0 Å². The average Bonchev–Trinajstić information content (AvgIpc) is 2.70. The Morgan fingerprint density at radius 1 is 0.767 bits per heavy atom. The first-order chi connectivity index (χ1) is 14.4. The Bertz CT molecular complexity index is 953. The second kappa shape index (κ2) is 10.3. The highest BCUT2D eigenvalue weighted by Gasteiger charge is 2.11. The maximum Gasteiger partial charge on any atom is 0.186 e. The predicted octanol–water partition coefficient (Wildman–Crippen LogP) is 4.67. The zero-order valence-corrected chi connectivity index (χ0v) is 17.9. The Morgan fingerprint density at radius 3 is 1.70 bits per heavy atom. The highest BCUT2D eigenvalue weighted by atomic mass is 35.5. The Hall–Kier alpha value is -2.73. The van der Waals surface area contributed by atoms with Gasteiger partial charge in [-0.3, -0.25) is 4.90 Å². The number of rotatable bonds is 8. The van der Waals surface area contributed by atoms with Gasteiger partial charge in [-0.2, -0.15) is 0 Å². The quantitative estimate of drug-likeness (QED) is 0.349. The summed E-state index contributed by atoms with van der Waals surface area (Å²) in [4.78, 5) is 6.24. The molecule has 0 saturated heterocycles. The maximum atomic E-state index is 10.4. The first-order valence-corrected chi connectivity index (χ1v) is 10.2. The normalized spacial score (nSPS) is 10.9. The number of guanidine groups is 1. The van der Waals surface area contributed by atoms with Crippen LogP contribution < -0.4 is 11.5 Å². The van der Waals surface area contributed by atoms with E-state index in [4.69, 9.17) is 34.7 Å². The van der Waals surface area contributed by atoms with Gasteiger partial charge in [-0.25, -0.2) is 4.99 Å². The number of phenolic OH excluding ortho intramolecular Hbond substituents is 1. The summed E-state index contributed by atoms with van der Waals surface area (Å²) in [6.07, 6.45) is 0. The molecule has 0 unspecified atom stereocenters. The van der Waals surface area contributed by atoms with E-state index in [0.717, 1.165) is 29.8 Å². The van der Waals surface area contributed by atoms with Crippen molar-refractivity contribution in [3.8, 4) is 5.75 Å². The molecule has 0 amide bonds. The molecule has 30 heavy (non-hydrogen) atoms. The van der Waals surface area contributed by atoms with Gasteiger partial charge in [0, 0.05) is 35.2 Å². The van der Waals surface area contributed by atoms with Crippen molar-refractivity contribution in [2.24, 2.45) is 16.5 Å². The van der Waals surface area contributed by atoms with Crippen LogP contribution in [0.1, 0.15) is 22.3 Å². The first kappa shape index (κ1) is 22.0. The highest BCUT2D eigenvalue weighted by Crippen LogP contribution is 2.23. The summed E-state index contributed by atoms with van der Waals surface area (Å²) >= 11 is 12.0. The molecule has 0 bridgehead atoms. The van der Waals surface area contributed by atoms with Crippen LogP contribution in [-0.2, 0) is 26.2 Å². The molecule has 3 rings (SSSR count). The van der Waals surface area contributed by atoms with E-state index in [-0.39, 0.29) is 18.3 Å².